The quantitative estimate of drug-likeness (QED) is 0.360. The van der Waals surface area contributed by atoms with Gasteiger partial charge in [0.1, 0.15) is 18.2 Å². The summed E-state index contributed by atoms with van der Waals surface area (Å²) in [6.07, 6.45) is 3.60. The monoisotopic (exact) mass is 495 g/mol. The summed E-state index contributed by atoms with van der Waals surface area (Å²) in [6.45, 7) is 1.98. The molecule has 0 bridgehead atoms. The first kappa shape index (κ1) is 24.2. The van der Waals surface area contributed by atoms with E-state index in [4.69, 9.17) is 14.6 Å². The number of carbonyl (C=O) groups excluding carboxylic acids is 1. The number of pyridine rings is 2. The van der Waals surface area contributed by atoms with Crippen molar-refractivity contribution in [2.45, 2.75) is 20.0 Å². The summed E-state index contributed by atoms with van der Waals surface area (Å²) in [5.74, 6) is -0.746. The molecule has 2 N–H and O–H groups in total. The number of carbonyl (C=O) groups is 1. The summed E-state index contributed by atoms with van der Waals surface area (Å²) in [7, 11) is 1.44. The number of anilines is 1. The minimum Gasteiger partial charge on any atom is -0.496 e. The van der Waals surface area contributed by atoms with E-state index in [1.807, 2.05) is 6.07 Å². The molecule has 0 spiro atoms. The molecule has 0 atom stereocenters. The molecule has 0 radical (unpaired) electrons. The van der Waals surface area contributed by atoms with Crippen molar-refractivity contribution < 1.29 is 23.8 Å². The van der Waals surface area contributed by atoms with Gasteiger partial charge in [0.25, 0.3) is 11.1 Å². The molecular formula is C24H22FN5O4S. The number of hydrogen-bond donors (Lipinski definition) is 2. The largest absolute Gasteiger partial charge is 0.496 e. The number of aliphatic hydroxyl groups is 1. The summed E-state index contributed by atoms with van der Waals surface area (Å²) in [6, 6.07) is 9.76. The van der Waals surface area contributed by atoms with Crippen LogP contribution in [0.2, 0.25) is 0 Å². The molecule has 0 aliphatic heterocycles. The van der Waals surface area contributed by atoms with E-state index in [-0.39, 0.29) is 34.7 Å². The number of rotatable bonds is 9. The van der Waals surface area contributed by atoms with Gasteiger partial charge in [-0.05, 0) is 54.5 Å². The zero-order valence-corrected chi connectivity index (χ0v) is 19.8. The zero-order chi connectivity index (χ0) is 24.8. The van der Waals surface area contributed by atoms with E-state index in [0.717, 1.165) is 16.9 Å². The average molecular weight is 496 g/mol. The van der Waals surface area contributed by atoms with Crippen molar-refractivity contribution in [3.05, 3.63) is 77.1 Å². The second-order valence-corrected chi connectivity index (χ2v) is 8.38. The van der Waals surface area contributed by atoms with Gasteiger partial charge in [-0.15, -0.1) is 5.10 Å². The van der Waals surface area contributed by atoms with Crippen molar-refractivity contribution in [3.63, 3.8) is 0 Å². The van der Waals surface area contributed by atoms with Crippen LogP contribution in [0.1, 0.15) is 27.3 Å². The summed E-state index contributed by atoms with van der Waals surface area (Å²) in [4.78, 5) is 21.5. The molecule has 1 amide bonds. The van der Waals surface area contributed by atoms with Crippen LogP contribution in [0.3, 0.4) is 0 Å². The Kier molecular flexibility index (Phi) is 7.58. The van der Waals surface area contributed by atoms with Gasteiger partial charge < -0.3 is 14.6 Å². The number of hydrogen-bond acceptors (Lipinski definition) is 9. The van der Waals surface area contributed by atoms with E-state index in [1.54, 1.807) is 31.3 Å². The summed E-state index contributed by atoms with van der Waals surface area (Å²) in [5, 5.41) is 20.0. The van der Waals surface area contributed by atoms with Crippen molar-refractivity contribution in [2.75, 3.05) is 19.0 Å². The fourth-order valence-electron chi connectivity index (χ4n) is 3.32. The fraction of sp³-hybridized carbons (Fsp3) is 0.208. The molecule has 180 valence electrons. The Labute approximate surface area is 204 Å². The minimum absolute atomic E-state index is 0.0603. The maximum atomic E-state index is 14.7. The number of nitrogens with one attached hydrogen (secondary N) is 1. The molecule has 0 aliphatic carbocycles. The average Bonchev–Trinajstić information content (AvgIpc) is 3.30. The number of nitrogens with zero attached hydrogens (tertiary/aromatic N) is 4. The number of amides is 1. The van der Waals surface area contributed by atoms with Gasteiger partial charge in [-0.25, -0.2) is 4.39 Å². The van der Waals surface area contributed by atoms with Crippen LogP contribution in [0.25, 0.3) is 11.1 Å². The first-order valence-electron chi connectivity index (χ1n) is 10.6. The number of halogens is 1. The molecule has 35 heavy (non-hydrogen) atoms. The molecule has 4 rings (SSSR count). The van der Waals surface area contributed by atoms with Gasteiger partial charge in [0, 0.05) is 30.3 Å². The van der Waals surface area contributed by atoms with Crippen LogP contribution < -0.4 is 14.8 Å². The lowest BCUT2D eigenvalue weighted by molar-refractivity contribution is 0.102. The van der Waals surface area contributed by atoms with Crippen LogP contribution in [0.4, 0.5) is 9.52 Å². The van der Waals surface area contributed by atoms with Gasteiger partial charge in [0.05, 0.1) is 23.9 Å². The molecule has 4 aromatic rings. The highest BCUT2D eigenvalue weighted by Crippen LogP contribution is 2.35. The van der Waals surface area contributed by atoms with Gasteiger partial charge >= 0.3 is 0 Å². The molecule has 3 aromatic heterocycles. The highest BCUT2D eigenvalue weighted by Gasteiger charge is 2.21. The number of aliphatic hydroxyl groups excluding tert-OH is 1. The van der Waals surface area contributed by atoms with E-state index in [1.165, 1.54) is 25.4 Å². The molecule has 3 heterocycles. The maximum absolute atomic E-state index is 14.7. The Hall–Kier alpha value is -3.96. The lowest BCUT2D eigenvalue weighted by Gasteiger charge is -2.14. The highest BCUT2D eigenvalue weighted by molar-refractivity contribution is 7.17. The standard InChI is InChI=1S/C24H22FN5O4S/c1-14-10-17(21-19(25)4-3-5-20(21)33-2)18(12-26-14)22(32)28-23-29-30-24(35-23)34-13-16-7-6-15(8-9-31)11-27-16/h3-7,10-12,31H,8-9,13H2,1-2H3,(H,28,29,32). The predicted molar refractivity (Wildman–Crippen MR) is 128 cm³/mol. The third-order valence-corrected chi connectivity index (χ3v) is 5.76. The molecule has 0 saturated heterocycles. The van der Waals surface area contributed by atoms with Crippen molar-refractivity contribution in [1.82, 2.24) is 20.2 Å². The maximum Gasteiger partial charge on any atom is 0.296 e. The Bertz CT molecular complexity index is 1330. The molecular weight excluding hydrogens is 473 g/mol. The van der Waals surface area contributed by atoms with Crippen molar-refractivity contribution in [2.24, 2.45) is 0 Å². The summed E-state index contributed by atoms with van der Waals surface area (Å²) in [5.41, 5.74) is 2.90. The number of benzene rings is 1. The molecule has 11 heteroatoms. The van der Waals surface area contributed by atoms with Crippen molar-refractivity contribution in [1.29, 1.82) is 0 Å². The predicted octanol–water partition coefficient (Wildman–Crippen LogP) is 3.82. The second kappa shape index (κ2) is 11.0. The van der Waals surface area contributed by atoms with Crippen LogP contribution in [-0.4, -0.2) is 44.9 Å². The van der Waals surface area contributed by atoms with Crippen LogP contribution in [-0.2, 0) is 13.0 Å². The Morgan fingerprint density at radius 3 is 2.77 bits per heavy atom. The molecule has 0 unspecified atom stereocenters. The van der Waals surface area contributed by atoms with Gasteiger partial charge in [-0.2, -0.15) is 0 Å². The van der Waals surface area contributed by atoms with Gasteiger partial charge in [-0.1, -0.05) is 17.2 Å². The molecule has 0 aliphatic rings. The van der Waals surface area contributed by atoms with Crippen molar-refractivity contribution >= 4 is 22.4 Å². The smallest absolute Gasteiger partial charge is 0.296 e. The van der Waals surface area contributed by atoms with E-state index in [2.05, 4.69) is 25.5 Å². The number of aromatic nitrogens is 4. The Morgan fingerprint density at radius 2 is 2.03 bits per heavy atom. The number of aryl methyl sites for hydroxylation is 1. The van der Waals surface area contributed by atoms with Crippen LogP contribution >= 0.6 is 11.3 Å². The normalized spacial score (nSPS) is 10.7. The van der Waals surface area contributed by atoms with Gasteiger partial charge in [-0.3, -0.25) is 20.1 Å². The van der Waals surface area contributed by atoms with Gasteiger partial charge in [0.2, 0.25) is 5.13 Å². The molecule has 1 aromatic carbocycles. The Morgan fingerprint density at radius 1 is 1.17 bits per heavy atom. The third-order valence-electron chi connectivity index (χ3n) is 5.01. The lowest BCUT2D eigenvalue weighted by Crippen LogP contribution is -2.14. The third kappa shape index (κ3) is 5.76. The first-order chi connectivity index (χ1) is 17.0. The van der Waals surface area contributed by atoms with E-state index in [0.29, 0.717) is 29.1 Å². The summed E-state index contributed by atoms with van der Waals surface area (Å²) < 4.78 is 25.7. The minimum atomic E-state index is -0.526. The molecule has 9 nitrogen and oxygen atoms in total. The van der Waals surface area contributed by atoms with E-state index in [9.17, 15) is 9.18 Å². The topological polar surface area (TPSA) is 119 Å². The zero-order valence-electron chi connectivity index (χ0n) is 19.0. The van der Waals surface area contributed by atoms with Crippen LogP contribution in [0, 0.1) is 12.7 Å². The number of ether oxygens (including phenoxy) is 2. The fourth-order valence-corrected chi connectivity index (χ4v) is 3.91. The second-order valence-electron chi connectivity index (χ2n) is 7.44. The molecule has 0 fully saturated rings. The summed E-state index contributed by atoms with van der Waals surface area (Å²) >= 11 is 1.05. The molecule has 0 saturated carbocycles. The highest BCUT2D eigenvalue weighted by atomic mass is 32.1. The first-order valence-corrected chi connectivity index (χ1v) is 11.4. The lowest BCUT2D eigenvalue weighted by atomic mass is 9.98. The van der Waals surface area contributed by atoms with Crippen LogP contribution in [0.15, 0.2) is 48.8 Å². The SMILES string of the molecule is COc1cccc(F)c1-c1cc(C)ncc1C(=O)Nc1nnc(OCc2ccc(CCO)cn2)s1. The van der Waals surface area contributed by atoms with Crippen molar-refractivity contribution in [3.8, 4) is 22.1 Å². The Balaban J connectivity index is 1.49. The van der Waals surface area contributed by atoms with E-state index >= 15 is 0 Å². The van der Waals surface area contributed by atoms with Gasteiger partial charge in [0.15, 0.2) is 0 Å². The van der Waals surface area contributed by atoms with E-state index < -0.39 is 11.7 Å². The number of methoxy groups -OCH3 is 1. The van der Waals surface area contributed by atoms with Crippen LogP contribution in [0.5, 0.6) is 10.9 Å².